The standard InChI is InChI=1S/C22H23N3O2/c1-3-25(15(2)17-6-4-16(14-23)5-7-17)22(27)19-10-12-20(13-11-19)24-21(26)18-8-9-18/h4-7,10-13,15,18H,3,8-9H2,1-2H3,(H,24,26). The summed E-state index contributed by atoms with van der Waals surface area (Å²) in [5.41, 5.74) is 2.88. The molecule has 2 aromatic rings. The molecule has 0 aliphatic heterocycles. The van der Waals surface area contributed by atoms with Crippen LogP contribution in [0.25, 0.3) is 0 Å². The SMILES string of the molecule is CCN(C(=O)c1ccc(NC(=O)C2CC2)cc1)C(C)c1ccc(C#N)cc1. The van der Waals surface area contributed by atoms with Crippen molar-refractivity contribution in [1.29, 1.82) is 5.26 Å². The maximum Gasteiger partial charge on any atom is 0.254 e. The summed E-state index contributed by atoms with van der Waals surface area (Å²) in [5.74, 6) is 0.142. The van der Waals surface area contributed by atoms with Crippen LogP contribution in [0.2, 0.25) is 0 Å². The van der Waals surface area contributed by atoms with Gasteiger partial charge in [0, 0.05) is 23.7 Å². The van der Waals surface area contributed by atoms with Crippen LogP contribution in [0.4, 0.5) is 5.69 Å². The molecule has 1 N–H and O–H groups in total. The first kappa shape index (κ1) is 18.7. The average molecular weight is 361 g/mol. The highest BCUT2D eigenvalue weighted by molar-refractivity contribution is 5.97. The van der Waals surface area contributed by atoms with Gasteiger partial charge in [-0.05, 0) is 68.7 Å². The number of amides is 2. The molecule has 2 amide bonds. The van der Waals surface area contributed by atoms with Gasteiger partial charge in [-0.3, -0.25) is 9.59 Å². The van der Waals surface area contributed by atoms with Crippen LogP contribution in [0.15, 0.2) is 48.5 Å². The van der Waals surface area contributed by atoms with Crippen LogP contribution < -0.4 is 5.32 Å². The largest absolute Gasteiger partial charge is 0.332 e. The van der Waals surface area contributed by atoms with Gasteiger partial charge in [0.25, 0.3) is 5.91 Å². The molecule has 138 valence electrons. The fourth-order valence-corrected chi connectivity index (χ4v) is 3.06. The summed E-state index contributed by atoms with van der Waals surface area (Å²) in [6.07, 6.45) is 1.92. The number of rotatable bonds is 6. The van der Waals surface area contributed by atoms with Crippen molar-refractivity contribution in [2.24, 2.45) is 5.92 Å². The zero-order valence-corrected chi connectivity index (χ0v) is 15.6. The Hall–Kier alpha value is -3.13. The maximum absolute atomic E-state index is 13.0. The van der Waals surface area contributed by atoms with Gasteiger partial charge in [-0.1, -0.05) is 12.1 Å². The molecular formula is C22H23N3O2. The second-order valence-electron chi connectivity index (χ2n) is 6.84. The average Bonchev–Trinajstić information content (AvgIpc) is 3.54. The summed E-state index contributed by atoms with van der Waals surface area (Å²) < 4.78 is 0. The van der Waals surface area contributed by atoms with E-state index < -0.39 is 0 Å². The quantitative estimate of drug-likeness (QED) is 0.841. The van der Waals surface area contributed by atoms with Crippen LogP contribution >= 0.6 is 0 Å². The molecule has 0 bridgehead atoms. The lowest BCUT2D eigenvalue weighted by molar-refractivity contribution is -0.117. The summed E-state index contributed by atoms with van der Waals surface area (Å²) >= 11 is 0. The molecule has 1 saturated carbocycles. The van der Waals surface area contributed by atoms with Gasteiger partial charge in [0.05, 0.1) is 17.7 Å². The number of hydrogen-bond acceptors (Lipinski definition) is 3. The normalized spacial score (nSPS) is 14.1. The first-order valence-electron chi connectivity index (χ1n) is 9.25. The van der Waals surface area contributed by atoms with E-state index in [1.165, 1.54) is 0 Å². The predicted octanol–water partition coefficient (Wildman–Crippen LogP) is 4.13. The molecule has 2 aromatic carbocycles. The third-order valence-electron chi connectivity index (χ3n) is 4.94. The minimum Gasteiger partial charge on any atom is -0.332 e. The molecule has 1 aliphatic carbocycles. The van der Waals surface area contributed by atoms with Gasteiger partial charge in [-0.15, -0.1) is 0 Å². The first-order valence-corrected chi connectivity index (χ1v) is 9.25. The lowest BCUT2D eigenvalue weighted by atomic mass is 10.0. The third kappa shape index (κ3) is 4.35. The van der Waals surface area contributed by atoms with E-state index in [0.29, 0.717) is 23.4 Å². The Morgan fingerprint density at radius 2 is 1.78 bits per heavy atom. The van der Waals surface area contributed by atoms with Crippen molar-refractivity contribution in [3.8, 4) is 6.07 Å². The molecule has 0 heterocycles. The van der Waals surface area contributed by atoms with Crippen molar-refractivity contribution in [2.45, 2.75) is 32.7 Å². The van der Waals surface area contributed by atoms with Crippen LogP contribution in [0.3, 0.4) is 0 Å². The molecule has 1 unspecified atom stereocenters. The summed E-state index contributed by atoms with van der Waals surface area (Å²) in [5, 5.41) is 11.8. The Balaban J connectivity index is 1.71. The molecule has 27 heavy (non-hydrogen) atoms. The van der Waals surface area contributed by atoms with Crippen molar-refractivity contribution < 1.29 is 9.59 Å². The minimum absolute atomic E-state index is 0.0544. The summed E-state index contributed by atoms with van der Waals surface area (Å²) in [7, 11) is 0. The van der Waals surface area contributed by atoms with E-state index in [9.17, 15) is 9.59 Å². The highest BCUT2D eigenvalue weighted by atomic mass is 16.2. The molecular weight excluding hydrogens is 338 g/mol. The lowest BCUT2D eigenvalue weighted by Gasteiger charge is -2.28. The Bertz CT molecular complexity index is 862. The topological polar surface area (TPSA) is 73.2 Å². The van der Waals surface area contributed by atoms with E-state index in [2.05, 4.69) is 11.4 Å². The third-order valence-corrected chi connectivity index (χ3v) is 4.94. The van der Waals surface area contributed by atoms with E-state index in [-0.39, 0.29) is 23.8 Å². The monoisotopic (exact) mass is 361 g/mol. The number of nitriles is 1. The van der Waals surface area contributed by atoms with Crippen molar-refractivity contribution in [3.63, 3.8) is 0 Å². The van der Waals surface area contributed by atoms with Crippen LogP contribution in [0, 0.1) is 17.2 Å². The lowest BCUT2D eigenvalue weighted by Crippen LogP contribution is -2.33. The fourth-order valence-electron chi connectivity index (χ4n) is 3.06. The number of hydrogen-bond donors (Lipinski definition) is 1. The number of carbonyl (C=O) groups is 2. The van der Waals surface area contributed by atoms with Crippen LogP contribution in [0.5, 0.6) is 0 Å². The van der Waals surface area contributed by atoms with Crippen molar-refractivity contribution in [1.82, 2.24) is 4.90 Å². The van der Waals surface area contributed by atoms with E-state index in [4.69, 9.17) is 5.26 Å². The molecule has 3 rings (SSSR count). The van der Waals surface area contributed by atoms with E-state index >= 15 is 0 Å². The predicted molar refractivity (Wildman–Crippen MR) is 104 cm³/mol. The number of carbonyl (C=O) groups excluding carboxylic acids is 2. The smallest absolute Gasteiger partial charge is 0.254 e. The first-order chi connectivity index (χ1) is 13.0. The molecule has 1 atom stereocenters. The van der Waals surface area contributed by atoms with Crippen LogP contribution in [0.1, 0.15) is 54.2 Å². The molecule has 5 heteroatoms. The van der Waals surface area contributed by atoms with Gasteiger partial charge in [0.15, 0.2) is 0 Å². The maximum atomic E-state index is 13.0. The Labute approximate surface area is 159 Å². The zero-order valence-electron chi connectivity index (χ0n) is 15.6. The van der Waals surface area contributed by atoms with Gasteiger partial charge < -0.3 is 10.2 Å². The van der Waals surface area contributed by atoms with E-state index in [1.807, 2.05) is 26.0 Å². The fraction of sp³-hybridized carbons (Fsp3) is 0.318. The Morgan fingerprint density at radius 1 is 1.15 bits per heavy atom. The van der Waals surface area contributed by atoms with Gasteiger partial charge in [-0.25, -0.2) is 0 Å². The van der Waals surface area contributed by atoms with E-state index in [1.54, 1.807) is 41.3 Å². The number of anilines is 1. The minimum atomic E-state index is -0.107. The second kappa shape index (κ2) is 8.05. The van der Waals surface area contributed by atoms with Gasteiger partial charge in [-0.2, -0.15) is 5.26 Å². The number of nitrogens with one attached hydrogen (secondary N) is 1. The highest BCUT2D eigenvalue weighted by Gasteiger charge is 2.29. The summed E-state index contributed by atoms with van der Waals surface area (Å²) in [4.78, 5) is 26.6. The van der Waals surface area contributed by atoms with Crippen molar-refractivity contribution in [2.75, 3.05) is 11.9 Å². The Kier molecular flexibility index (Phi) is 5.56. The van der Waals surface area contributed by atoms with Crippen LogP contribution in [-0.2, 0) is 4.79 Å². The van der Waals surface area contributed by atoms with Gasteiger partial charge in [0.2, 0.25) is 5.91 Å². The summed E-state index contributed by atoms with van der Waals surface area (Å²) in [6, 6.07) is 16.3. The van der Waals surface area contributed by atoms with Gasteiger partial charge in [0.1, 0.15) is 0 Å². The second-order valence-corrected chi connectivity index (χ2v) is 6.84. The molecule has 1 aliphatic rings. The molecule has 5 nitrogen and oxygen atoms in total. The van der Waals surface area contributed by atoms with Crippen molar-refractivity contribution >= 4 is 17.5 Å². The summed E-state index contributed by atoms with van der Waals surface area (Å²) in [6.45, 7) is 4.50. The molecule has 1 fully saturated rings. The molecule has 0 aromatic heterocycles. The number of benzene rings is 2. The van der Waals surface area contributed by atoms with E-state index in [0.717, 1.165) is 18.4 Å². The molecule has 0 radical (unpaired) electrons. The van der Waals surface area contributed by atoms with Crippen molar-refractivity contribution in [3.05, 3.63) is 65.2 Å². The number of nitrogens with zero attached hydrogens (tertiary/aromatic N) is 2. The van der Waals surface area contributed by atoms with Crippen LogP contribution in [-0.4, -0.2) is 23.3 Å². The Morgan fingerprint density at radius 3 is 2.30 bits per heavy atom. The zero-order chi connectivity index (χ0) is 19.4. The highest BCUT2D eigenvalue weighted by Crippen LogP contribution is 2.30. The van der Waals surface area contributed by atoms with Gasteiger partial charge >= 0.3 is 0 Å². The molecule has 0 saturated heterocycles. The molecule has 0 spiro atoms.